The molecule has 4 amide bonds. The summed E-state index contributed by atoms with van der Waals surface area (Å²) < 4.78 is 0. The summed E-state index contributed by atoms with van der Waals surface area (Å²) in [4.78, 5) is 47.6. The van der Waals surface area contributed by atoms with Crippen molar-refractivity contribution in [3.8, 4) is 0 Å². The molecule has 1 aromatic rings. The Kier molecular flexibility index (Phi) is 2.39. The molecule has 0 radical (unpaired) electrons. The highest BCUT2D eigenvalue weighted by Crippen LogP contribution is 2.46. The maximum Gasteiger partial charge on any atom is 0.259 e. The van der Waals surface area contributed by atoms with Crippen LogP contribution in [0.3, 0.4) is 0 Å². The molecular weight excluding hydrogens is 296 g/mol. The van der Waals surface area contributed by atoms with Gasteiger partial charge in [-0.3, -0.25) is 29.8 Å². The van der Waals surface area contributed by atoms with Crippen LogP contribution >= 0.6 is 0 Å². The quantitative estimate of drug-likeness (QED) is 0.736. The van der Waals surface area contributed by atoms with E-state index in [0.29, 0.717) is 22.3 Å². The Morgan fingerprint density at radius 1 is 0.913 bits per heavy atom. The van der Waals surface area contributed by atoms with Crippen molar-refractivity contribution in [1.29, 1.82) is 0 Å². The molecule has 114 valence electrons. The number of nitrogens with one attached hydrogen (secondary N) is 2. The molecule has 6 heteroatoms. The van der Waals surface area contributed by atoms with E-state index in [1.54, 1.807) is 12.1 Å². The molecule has 2 heterocycles. The van der Waals surface area contributed by atoms with Gasteiger partial charge in [-0.15, -0.1) is 0 Å². The molecule has 1 aromatic carbocycles. The van der Waals surface area contributed by atoms with E-state index in [0.717, 1.165) is 5.56 Å². The highest BCUT2D eigenvalue weighted by Gasteiger charge is 2.45. The van der Waals surface area contributed by atoms with Crippen LogP contribution in [0.15, 0.2) is 29.8 Å². The fourth-order valence-corrected chi connectivity index (χ4v) is 3.53. The molecule has 3 aliphatic rings. The van der Waals surface area contributed by atoms with Crippen LogP contribution in [-0.2, 0) is 24.6 Å². The molecule has 2 bridgehead atoms. The summed E-state index contributed by atoms with van der Waals surface area (Å²) in [5.41, 5.74) is 2.31. The first-order valence-corrected chi connectivity index (χ1v) is 7.13. The van der Waals surface area contributed by atoms with E-state index in [9.17, 15) is 19.2 Å². The average Bonchev–Trinajstić information content (AvgIpc) is 2.96. The van der Waals surface area contributed by atoms with Crippen molar-refractivity contribution >= 4 is 34.8 Å². The molecule has 0 aromatic heterocycles. The number of carbonyl (C=O) groups is 4. The van der Waals surface area contributed by atoms with Gasteiger partial charge < -0.3 is 0 Å². The predicted octanol–water partition coefficient (Wildman–Crippen LogP) is 0.428. The Labute approximate surface area is 131 Å². The Balaban J connectivity index is 1.98. The van der Waals surface area contributed by atoms with E-state index in [1.165, 1.54) is 6.08 Å². The maximum atomic E-state index is 12.2. The van der Waals surface area contributed by atoms with Gasteiger partial charge in [0.2, 0.25) is 0 Å². The summed E-state index contributed by atoms with van der Waals surface area (Å²) in [6, 6.07) is 5.22. The van der Waals surface area contributed by atoms with E-state index >= 15 is 0 Å². The van der Waals surface area contributed by atoms with Crippen LogP contribution in [0.1, 0.15) is 30.5 Å². The fraction of sp³-hybridized carbons (Fsp3) is 0.176. The molecule has 0 atom stereocenters. The number of carbonyl (C=O) groups excluding carboxylic acids is 4. The molecule has 23 heavy (non-hydrogen) atoms. The molecule has 0 fully saturated rings. The lowest BCUT2D eigenvalue weighted by Gasteiger charge is -2.32. The first-order chi connectivity index (χ1) is 10.8. The minimum absolute atomic E-state index is 0.276. The number of hydrogen-bond donors (Lipinski definition) is 2. The summed E-state index contributed by atoms with van der Waals surface area (Å²) in [5.74, 6) is -1.72. The lowest BCUT2D eigenvalue weighted by molar-refractivity contribution is -0.125. The van der Waals surface area contributed by atoms with Crippen LogP contribution in [0.25, 0.3) is 11.1 Å². The molecule has 0 saturated heterocycles. The van der Waals surface area contributed by atoms with E-state index in [2.05, 4.69) is 10.6 Å². The standard InChI is InChI=1S/C17H12N2O4/c1-17(2)10-5-7(12-13(17)16(23)19-15(12)22)3-4-8(10)9-6-11(20)18-14(9)21/h3-6H,1-2H3,(H,18,20,21)(H,19,22,23). The zero-order chi connectivity index (χ0) is 16.5. The topological polar surface area (TPSA) is 92.3 Å². The number of imide groups is 2. The van der Waals surface area contributed by atoms with E-state index in [1.807, 2.05) is 19.9 Å². The third kappa shape index (κ3) is 1.63. The monoisotopic (exact) mass is 308 g/mol. The van der Waals surface area contributed by atoms with Gasteiger partial charge in [-0.2, -0.15) is 0 Å². The average molecular weight is 308 g/mol. The number of benzene rings is 1. The lowest BCUT2D eigenvalue weighted by atomic mass is 9.68. The van der Waals surface area contributed by atoms with Gasteiger partial charge in [0.1, 0.15) is 0 Å². The number of amides is 4. The van der Waals surface area contributed by atoms with Gasteiger partial charge in [0, 0.05) is 17.1 Å². The van der Waals surface area contributed by atoms with Crippen LogP contribution in [0, 0.1) is 0 Å². The van der Waals surface area contributed by atoms with Crippen molar-refractivity contribution in [2.75, 3.05) is 0 Å². The van der Waals surface area contributed by atoms with Crippen molar-refractivity contribution in [2.24, 2.45) is 0 Å². The van der Waals surface area contributed by atoms with E-state index in [-0.39, 0.29) is 5.57 Å². The summed E-state index contributed by atoms with van der Waals surface area (Å²) >= 11 is 0. The van der Waals surface area contributed by atoms with Gasteiger partial charge in [-0.1, -0.05) is 26.0 Å². The van der Waals surface area contributed by atoms with Crippen LogP contribution < -0.4 is 10.6 Å². The van der Waals surface area contributed by atoms with E-state index < -0.39 is 29.0 Å². The van der Waals surface area contributed by atoms with E-state index in [4.69, 9.17) is 0 Å². The Morgan fingerprint density at radius 3 is 2.30 bits per heavy atom. The molecule has 0 saturated carbocycles. The molecule has 1 aliphatic carbocycles. The summed E-state index contributed by atoms with van der Waals surface area (Å²) in [6.07, 6.45) is 1.26. The Morgan fingerprint density at radius 2 is 1.65 bits per heavy atom. The zero-order valence-electron chi connectivity index (χ0n) is 12.4. The van der Waals surface area contributed by atoms with Crippen molar-refractivity contribution < 1.29 is 19.2 Å². The second-order valence-corrected chi connectivity index (χ2v) is 6.29. The summed E-state index contributed by atoms with van der Waals surface area (Å²) in [6.45, 7) is 3.66. The molecule has 0 unspecified atom stereocenters. The minimum atomic E-state index is -0.748. The Hall–Kier alpha value is -3.02. The van der Waals surface area contributed by atoms with Crippen LogP contribution in [0.4, 0.5) is 0 Å². The molecule has 2 N–H and O–H groups in total. The predicted molar refractivity (Wildman–Crippen MR) is 80.7 cm³/mol. The number of hydrogen-bond acceptors (Lipinski definition) is 4. The second kappa shape index (κ2) is 4.04. The second-order valence-electron chi connectivity index (χ2n) is 6.29. The lowest BCUT2D eigenvalue weighted by Crippen LogP contribution is -2.31. The highest BCUT2D eigenvalue weighted by molar-refractivity contribution is 6.38. The van der Waals surface area contributed by atoms with Crippen molar-refractivity contribution in [3.63, 3.8) is 0 Å². The third-order valence-corrected chi connectivity index (χ3v) is 4.58. The third-order valence-electron chi connectivity index (χ3n) is 4.58. The van der Waals surface area contributed by atoms with Crippen molar-refractivity contribution in [3.05, 3.63) is 46.5 Å². The molecule has 4 rings (SSSR count). The van der Waals surface area contributed by atoms with Crippen molar-refractivity contribution in [1.82, 2.24) is 10.6 Å². The van der Waals surface area contributed by atoms with Crippen molar-refractivity contribution in [2.45, 2.75) is 19.3 Å². The molecule has 0 spiro atoms. The maximum absolute atomic E-state index is 12.2. The SMILES string of the molecule is CC1(C)C2=C(C(=O)NC2=O)c2ccc(C3=CC(=O)NC3=O)c1c2. The van der Waals surface area contributed by atoms with Gasteiger partial charge in [0.15, 0.2) is 0 Å². The minimum Gasteiger partial charge on any atom is -0.289 e. The first kappa shape index (κ1) is 13.6. The summed E-state index contributed by atoms with van der Waals surface area (Å²) in [5, 5.41) is 4.55. The van der Waals surface area contributed by atoms with Gasteiger partial charge in [0.25, 0.3) is 23.6 Å². The fourth-order valence-electron chi connectivity index (χ4n) is 3.53. The molecular formula is C17H12N2O4. The van der Waals surface area contributed by atoms with Gasteiger partial charge in [0.05, 0.1) is 11.1 Å². The van der Waals surface area contributed by atoms with Gasteiger partial charge >= 0.3 is 0 Å². The highest BCUT2D eigenvalue weighted by atomic mass is 16.2. The smallest absolute Gasteiger partial charge is 0.259 e. The normalized spacial score (nSPS) is 21.2. The van der Waals surface area contributed by atoms with Gasteiger partial charge in [-0.05, 0) is 22.8 Å². The molecule has 6 nitrogen and oxygen atoms in total. The van der Waals surface area contributed by atoms with Crippen LogP contribution in [-0.4, -0.2) is 23.6 Å². The van der Waals surface area contributed by atoms with Gasteiger partial charge in [-0.25, -0.2) is 0 Å². The number of rotatable bonds is 1. The number of fused-ring (bicyclic) bond motifs is 3. The Bertz CT molecular complexity index is 919. The van der Waals surface area contributed by atoms with Crippen LogP contribution in [0.5, 0.6) is 0 Å². The largest absolute Gasteiger partial charge is 0.289 e. The molecule has 2 aliphatic heterocycles. The zero-order valence-corrected chi connectivity index (χ0v) is 12.4. The first-order valence-electron chi connectivity index (χ1n) is 7.13. The van der Waals surface area contributed by atoms with Crippen LogP contribution in [0.2, 0.25) is 0 Å². The summed E-state index contributed by atoms with van der Waals surface area (Å²) in [7, 11) is 0.